The van der Waals surface area contributed by atoms with Crippen molar-refractivity contribution in [1.82, 2.24) is 5.06 Å². The van der Waals surface area contributed by atoms with Gasteiger partial charge in [0, 0.05) is 32.8 Å². The number of hydrogen-bond donors (Lipinski definition) is 0. The van der Waals surface area contributed by atoms with E-state index in [1.54, 1.807) is 0 Å². The molecular formula is C13H19NO7. The first-order valence-electron chi connectivity index (χ1n) is 6.75. The van der Waals surface area contributed by atoms with Crippen LogP contribution in [0.15, 0.2) is 0 Å². The first-order chi connectivity index (χ1) is 10.0. The summed E-state index contributed by atoms with van der Waals surface area (Å²) in [6.45, 7) is 0.548. The van der Waals surface area contributed by atoms with Crippen LogP contribution in [-0.4, -0.2) is 49.1 Å². The number of hydrogen-bond acceptors (Lipinski definition) is 7. The van der Waals surface area contributed by atoms with Gasteiger partial charge in [-0.3, -0.25) is 14.4 Å². The lowest BCUT2D eigenvalue weighted by Gasteiger charge is -2.12. The van der Waals surface area contributed by atoms with Crippen molar-refractivity contribution >= 4 is 23.8 Å². The molecule has 1 aliphatic heterocycles. The van der Waals surface area contributed by atoms with Gasteiger partial charge in [-0.1, -0.05) is 0 Å². The molecule has 1 heterocycles. The second kappa shape index (κ2) is 9.06. The number of ether oxygens (including phenoxy) is 2. The molecule has 0 aromatic heterocycles. The number of hydroxylamine groups is 2. The largest absolute Gasteiger partial charge is 0.463 e. The molecule has 0 atom stereocenters. The Morgan fingerprint density at radius 3 is 2.14 bits per heavy atom. The second-order valence-electron chi connectivity index (χ2n) is 4.47. The molecule has 8 heteroatoms. The lowest BCUT2D eigenvalue weighted by atomic mass is 10.2. The Kier molecular flexibility index (Phi) is 7.38. The Labute approximate surface area is 122 Å². The van der Waals surface area contributed by atoms with Gasteiger partial charge in [0.2, 0.25) is 0 Å². The molecule has 1 fully saturated rings. The summed E-state index contributed by atoms with van der Waals surface area (Å²) in [5.74, 6) is -2.03. The summed E-state index contributed by atoms with van der Waals surface area (Å²) >= 11 is 0. The molecule has 0 aromatic carbocycles. The van der Waals surface area contributed by atoms with Gasteiger partial charge in [0.05, 0.1) is 6.61 Å². The van der Waals surface area contributed by atoms with Crippen LogP contribution in [0.1, 0.15) is 38.5 Å². The number of unbranched alkanes of at least 4 members (excludes halogenated alkanes) is 1. The van der Waals surface area contributed by atoms with Crippen molar-refractivity contribution in [3.8, 4) is 0 Å². The van der Waals surface area contributed by atoms with E-state index < -0.39 is 17.8 Å². The average molecular weight is 301 g/mol. The van der Waals surface area contributed by atoms with Crippen LogP contribution in [0.2, 0.25) is 0 Å². The Morgan fingerprint density at radius 2 is 1.57 bits per heavy atom. The maximum absolute atomic E-state index is 11.4. The van der Waals surface area contributed by atoms with Gasteiger partial charge in [0.1, 0.15) is 6.61 Å². The van der Waals surface area contributed by atoms with Gasteiger partial charge in [0.25, 0.3) is 11.8 Å². The lowest BCUT2D eigenvalue weighted by molar-refractivity contribution is -0.197. The van der Waals surface area contributed by atoms with E-state index in [1.807, 2.05) is 0 Å². The van der Waals surface area contributed by atoms with Gasteiger partial charge in [-0.15, -0.1) is 5.06 Å². The molecule has 0 N–H and O–H groups in total. The van der Waals surface area contributed by atoms with Gasteiger partial charge in [-0.25, -0.2) is 4.79 Å². The average Bonchev–Trinajstić information content (AvgIpc) is 2.76. The van der Waals surface area contributed by atoms with E-state index in [0.717, 1.165) is 0 Å². The molecule has 1 saturated heterocycles. The quantitative estimate of drug-likeness (QED) is 0.344. The van der Waals surface area contributed by atoms with Crippen molar-refractivity contribution in [3.05, 3.63) is 0 Å². The molecule has 8 nitrogen and oxygen atoms in total. The van der Waals surface area contributed by atoms with Crippen LogP contribution in [-0.2, 0) is 33.5 Å². The third-order valence-electron chi connectivity index (χ3n) is 2.76. The number of carbonyl (C=O) groups is 4. The van der Waals surface area contributed by atoms with E-state index in [-0.39, 0.29) is 38.3 Å². The van der Waals surface area contributed by atoms with E-state index >= 15 is 0 Å². The number of rotatable bonds is 9. The third kappa shape index (κ3) is 6.35. The van der Waals surface area contributed by atoms with E-state index in [4.69, 9.17) is 9.47 Å². The number of esters is 1. The fraction of sp³-hybridized carbons (Fsp3) is 0.692. The normalized spacial score (nSPS) is 14.4. The van der Waals surface area contributed by atoms with Crippen molar-refractivity contribution in [2.24, 2.45) is 0 Å². The molecule has 118 valence electrons. The van der Waals surface area contributed by atoms with Crippen molar-refractivity contribution in [2.75, 3.05) is 20.3 Å². The highest BCUT2D eigenvalue weighted by Crippen LogP contribution is 2.13. The van der Waals surface area contributed by atoms with Gasteiger partial charge in [-0.05, 0) is 12.8 Å². The molecule has 0 saturated carbocycles. The van der Waals surface area contributed by atoms with E-state index in [9.17, 15) is 19.2 Å². The van der Waals surface area contributed by atoms with Crippen molar-refractivity contribution < 1.29 is 33.5 Å². The Bertz CT molecular complexity index is 391. The topological polar surface area (TPSA) is 99.2 Å². The summed E-state index contributed by atoms with van der Waals surface area (Å²) in [6, 6.07) is 0. The summed E-state index contributed by atoms with van der Waals surface area (Å²) in [7, 11) is 1.51. The molecule has 1 rings (SSSR count). The monoisotopic (exact) mass is 301 g/mol. The van der Waals surface area contributed by atoms with E-state index in [2.05, 4.69) is 4.84 Å². The molecule has 0 spiro atoms. The molecule has 0 aliphatic carbocycles. The third-order valence-corrected chi connectivity index (χ3v) is 2.76. The molecule has 2 amide bonds. The molecule has 1 aliphatic rings. The van der Waals surface area contributed by atoms with Crippen LogP contribution in [0.25, 0.3) is 0 Å². The van der Waals surface area contributed by atoms with Crippen LogP contribution in [0.5, 0.6) is 0 Å². The Hall–Kier alpha value is -1.96. The fourth-order valence-corrected chi connectivity index (χ4v) is 1.65. The minimum atomic E-state index is -0.661. The van der Waals surface area contributed by atoms with Gasteiger partial charge < -0.3 is 14.3 Å². The second-order valence-corrected chi connectivity index (χ2v) is 4.47. The summed E-state index contributed by atoms with van der Waals surface area (Å²) in [5.41, 5.74) is 0. The minimum absolute atomic E-state index is 0.0302. The Balaban J connectivity index is 2.09. The van der Waals surface area contributed by atoms with Crippen LogP contribution < -0.4 is 0 Å². The zero-order valence-corrected chi connectivity index (χ0v) is 12.0. The molecule has 0 bridgehead atoms. The minimum Gasteiger partial charge on any atom is -0.463 e. The first-order valence-corrected chi connectivity index (χ1v) is 6.75. The van der Waals surface area contributed by atoms with Crippen LogP contribution in [0.4, 0.5) is 0 Å². The van der Waals surface area contributed by atoms with Crippen molar-refractivity contribution in [1.29, 1.82) is 0 Å². The zero-order chi connectivity index (χ0) is 15.7. The number of amides is 2. The van der Waals surface area contributed by atoms with E-state index in [1.165, 1.54) is 7.11 Å². The lowest BCUT2D eigenvalue weighted by Crippen LogP contribution is -2.31. The highest BCUT2D eigenvalue weighted by Gasteiger charge is 2.32. The van der Waals surface area contributed by atoms with Crippen molar-refractivity contribution in [3.63, 3.8) is 0 Å². The molecular weight excluding hydrogens is 282 g/mol. The predicted octanol–water partition coefficient (Wildman–Crippen LogP) is 0.344. The molecule has 0 radical (unpaired) electrons. The standard InChI is InChI=1S/C13H19NO7/c1-19-8-9-20-12(17)4-2-3-5-13(18)21-14-10(15)6-7-11(14)16/h2-9H2,1H3. The van der Waals surface area contributed by atoms with E-state index in [0.29, 0.717) is 24.5 Å². The highest BCUT2D eigenvalue weighted by atomic mass is 16.7. The summed E-state index contributed by atoms with van der Waals surface area (Å²) in [6.07, 6.45) is 1.23. The molecule has 21 heavy (non-hydrogen) atoms. The van der Waals surface area contributed by atoms with Crippen LogP contribution >= 0.6 is 0 Å². The number of nitrogens with zero attached hydrogens (tertiary/aromatic N) is 1. The van der Waals surface area contributed by atoms with Crippen molar-refractivity contribution in [2.45, 2.75) is 38.5 Å². The summed E-state index contributed by atoms with van der Waals surface area (Å²) in [5, 5.41) is 0.515. The number of imide groups is 1. The van der Waals surface area contributed by atoms with Crippen LogP contribution in [0, 0.1) is 0 Å². The summed E-state index contributed by atoms with van der Waals surface area (Å²) in [4.78, 5) is 49.8. The maximum atomic E-state index is 11.4. The van der Waals surface area contributed by atoms with Gasteiger partial charge in [-0.2, -0.15) is 0 Å². The summed E-state index contributed by atoms with van der Waals surface area (Å²) < 4.78 is 9.58. The fourth-order valence-electron chi connectivity index (χ4n) is 1.65. The van der Waals surface area contributed by atoms with Crippen LogP contribution in [0.3, 0.4) is 0 Å². The highest BCUT2D eigenvalue weighted by molar-refractivity contribution is 6.01. The maximum Gasteiger partial charge on any atom is 0.333 e. The van der Waals surface area contributed by atoms with Gasteiger partial charge >= 0.3 is 11.9 Å². The first kappa shape index (κ1) is 17.1. The SMILES string of the molecule is COCCOC(=O)CCCCC(=O)ON1C(=O)CCC1=O. The zero-order valence-electron chi connectivity index (χ0n) is 12.0. The molecule has 0 unspecified atom stereocenters. The number of carbonyl (C=O) groups excluding carboxylic acids is 4. The Morgan fingerprint density at radius 1 is 1.00 bits per heavy atom. The molecule has 0 aromatic rings. The number of methoxy groups -OCH3 is 1. The smallest absolute Gasteiger partial charge is 0.333 e. The predicted molar refractivity (Wildman–Crippen MR) is 68.5 cm³/mol. The van der Waals surface area contributed by atoms with Gasteiger partial charge in [0.15, 0.2) is 0 Å².